The van der Waals surface area contributed by atoms with E-state index < -0.39 is 18.2 Å². The van der Waals surface area contributed by atoms with Gasteiger partial charge in [-0.2, -0.15) is 13.2 Å². The summed E-state index contributed by atoms with van der Waals surface area (Å²) in [5.74, 6) is -3.28. The summed E-state index contributed by atoms with van der Waals surface area (Å²) < 4.78 is 36.4. The first kappa shape index (κ1) is 19.2. The van der Waals surface area contributed by atoms with Crippen LogP contribution in [0.15, 0.2) is 0 Å². The molecule has 0 saturated carbocycles. The van der Waals surface area contributed by atoms with Gasteiger partial charge < -0.3 is 20.5 Å². The summed E-state index contributed by atoms with van der Waals surface area (Å²) in [7, 11) is 1.34. The maximum absolute atomic E-state index is 11.4. The molecule has 10 heteroatoms. The second-order valence-electron chi connectivity index (χ2n) is 4.13. The van der Waals surface area contributed by atoms with Crippen molar-refractivity contribution in [1.82, 2.24) is 4.90 Å². The molecule has 1 heterocycles. The number of carboxylic acids is 1. The van der Waals surface area contributed by atoms with Crippen LogP contribution in [0.3, 0.4) is 0 Å². The number of rotatable bonds is 2. The highest BCUT2D eigenvalue weighted by Gasteiger charge is 2.38. The minimum atomic E-state index is -5.08. The number of carboxylic acid groups (broad SMARTS) is 1. The SMILES string of the molecule is COC(=O)C1CCCCN1C(=O)CN.O=C(O)C(F)(F)F. The van der Waals surface area contributed by atoms with Crippen molar-refractivity contribution in [3.63, 3.8) is 0 Å². The van der Waals surface area contributed by atoms with Gasteiger partial charge in [0.2, 0.25) is 5.91 Å². The number of aliphatic carboxylic acids is 1. The van der Waals surface area contributed by atoms with Gasteiger partial charge in [-0.05, 0) is 19.3 Å². The summed E-state index contributed by atoms with van der Waals surface area (Å²) in [4.78, 5) is 33.2. The standard InChI is InChI=1S/C9H16N2O3.C2HF3O2/c1-14-9(13)7-4-2-3-5-11(7)8(12)6-10;3-2(4,5)1(6)7/h7H,2-6,10H2,1H3;(H,6,7). The molecule has 1 rings (SSSR count). The number of methoxy groups -OCH3 is 1. The Bertz CT molecular complexity index is 363. The first-order chi connectivity index (χ1) is 9.65. The number of hydrogen-bond donors (Lipinski definition) is 2. The third-order valence-corrected chi connectivity index (χ3v) is 2.71. The normalized spacial score (nSPS) is 18.3. The summed E-state index contributed by atoms with van der Waals surface area (Å²) in [5, 5.41) is 7.12. The largest absolute Gasteiger partial charge is 0.490 e. The van der Waals surface area contributed by atoms with Gasteiger partial charge in [-0.3, -0.25) is 4.79 Å². The van der Waals surface area contributed by atoms with Crippen molar-refractivity contribution in [2.75, 3.05) is 20.2 Å². The second kappa shape index (κ2) is 8.45. The zero-order chi connectivity index (χ0) is 16.6. The van der Waals surface area contributed by atoms with E-state index in [1.807, 2.05) is 0 Å². The minimum Gasteiger partial charge on any atom is -0.475 e. The third kappa shape index (κ3) is 6.43. The predicted octanol–water partition coefficient (Wildman–Crippen LogP) is 0.132. The van der Waals surface area contributed by atoms with Gasteiger partial charge in [-0.1, -0.05) is 0 Å². The summed E-state index contributed by atoms with van der Waals surface area (Å²) in [6.07, 6.45) is -2.52. The van der Waals surface area contributed by atoms with Gasteiger partial charge in [0, 0.05) is 6.54 Å². The van der Waals surface area contributed by atoms with Crippen molar-refractivity contribution in [2.24, 2.45) is 5.73 Å². The van der Waals surface area contributed by atoms with E-state index in [9.17, 15) is 22.8 Å². The van der Waals surface area contributed by atoms with Gasteiger partial charge in [0.05, 0.1) is 13.7 Å². The van der Waals surface area contributed by atoms with E-state index in [1.54, 1.807) is 0 Å². The van der Waals surface area contributed by atoms with Crippen molar-refractivity contribution in [1.29, 1.82) is 0 Å². The monoisotopic (exact) mass is 314 g/mol. The number of likely N-dealkylation sites (tertiary alicyclic amines) is 1. The molecule has 7 nitrogen and oxygen atoms in total. The van der Waals surface area contributed by atoms with E-state index in [0.29, 0.717) is 13.0 Å². The van der Waals surface area contributed by atoms with Crippen molar-refractivity contribution >= 4 is 17.8 Å². The zero-order valence-corrected chi connectivity index (χ0v) is 11.4. The minimum absolute atomic E-state index is 0.0481. The molecule has 0 aliphatic carbocycles. The fourth-order valence-electron chi connectivity index (χ4n) is 1.73. The maximum Gasteiger partial charge on any atom is 0.490 e. The molecule has 1 amide bonds. The highest BCUT2D eigenvalue weighted by molar-refractivity contribution is 5.85. The van der Waals surface area contributed by atoms with Crippen molar-refractivity contribution in [3.05, 3.63) is 0 Å². The number of esters is 1. The van der Waals surface area contributed by atoms with Crippen LogP contribution in [0.1, 0.15) is 19.3 Å². The Morgan fingerprint density at radius 1 is 1.33 bits per heavy atom. The summed E-state index contributed by atoms with van der Waals surface area (Å²) >= 11 is 0. The first-order valence-electron chi connectivity index (χ1n) is 6.02. The number of amides is 1. The number of hydrogen-bond acceptors (Lipinski definition) is 5. The van der Waals surface area contributed by atoms with Crippen LogP contribution < -0.4 is 5.73 Å². The molecule has 1 atom stereocenters. The van der Waals surface area contributed by atoms with Gasteiger partial charge in [0.25, 0.3) is 0 Å². The van der Waals surface area contributed by atoms with Gasteiger partial charge in [0.15, 0.2) is 0 Å². The van der Waals surface area contributed by atoms with Crippen LogP contribution in [0.2, 0.25) is 0 Å². The van der Waals surface area contributed by atoms with E-state index in [-0.39, 0.29) is 18.4 Å². The zero-order valence-electron chi connectivity index (χ0n) is 11.4. The number of carbonyl (C=O) groups excluding carboxylic acids is 2. The molecular formula is C11H17F3N2O5. The van der Waals surface area contributed by atoms with E-state index in [4.69, 9.17) is 15.6 Å². The number of halogens is 3. The Morgan fingerprint density at radius 3 is 2.24 bits per heavy atom. The van der Waals surface area contributed by atoms with Gasteiger partial charge in [-0.15, -0.1) is 0 Å². The summed E-state index contributed by atoms with van der Waals surface area (Å²) in [5.41, 5.74) is 5.26. The Hall–Kier alpha value is -1.84. The smallest absolute Gasteiger partial charge is 0.475 e. The molecule has 0 spiro atoms. The van der Waals surface area contributed by atoms with Gasteiger partial charge >= 0.3 is 18.1 Å². The van der Waals surface area contributed by atoms with Crippen molar-refractivity contribution in [2.45, 2.75) is 31.5 Å². The molecular weight excluding hydrogens is 297 g/mol. The number of piperidine rings is 1. The summed E-state index contributed by atoms with van der Waals surface area (Å²) in [6.45, 7) is 0.559. The second-order valence-corrected chi connectivity index (χ2v) is 4.13. The lowest BCUT2D eigenvalue weighted by atomic mass is 10.0. The van der Waals surface area contributed by atoms with Crippen LogP contribution in [-0.2, 0) is 19.1 Å². The van der Waals surface area contributed by atoms with Gasteiger partial charge in [0.1, 0.15) is 6.04 Å². The molecule has 0 aromatic carbocycles. The van der Waals surface area contributed by atoms with E-state index >= 15 is 0 Å². The molecule has 122 valence electrons. The number of carbonyl (C=O) groups is 3. The number of nitrogens with two attached hydrogens (primary N) is 1. The first-order valence-corrected chi connectivity index (χ1v) is 6.02. The maximum atomic E-state index is 11.4. The molecule has 1 saturated heterocycles. The molecule has 0 radical (unpaired) electrons. The average Bonchev–Trinajstić information content (AvgIpc) is 2.45. The molecule has 1 unspecified atom stereocenters. The average molecular weight is 314 g/mol. The third-order valence-electron chi connectivity index (χ3n) is 2.71. The fraction of sp³-hybridized carbons (Fsp3) is 0.727. The Morgan fingerprint density at radius 2 is 1.86 bits per heavy atom. The number of alkyl halides is 3. The predicted molar refractivity (Wildman–Crippen MR) is 64.1 cm³/mol. The molecule has 21 heavy (non-hydrogen) atoms. The van der Waals surface area contributed by atoms with Crippen LogP contribution in [0.4, 0.5) is 13.2 Å². The van der Waals surface area contributed by atoms with E-state index in [2.05, 4.69) is 4.74 Å². The lowest BCUT2D eigenvalue weighted by molar-refractivity contribution is -0.192. The van der Waals surface area contributed by atoms with Crippen LogP contribution >= 0.6 is 0 Å². The summed E-state index contributed by atoms with van der Waals surface area (Å²) in [6, 6.07) is -0.426. The quantitative estimate of drug-likeness (QED) is 0.701. The molecule has 0 aromatic rings. The van der Waals surface area contributed by atoms with E-state index in [1.165, 1.54) is 12.0 Å². The van der Waals surface area contributed by atoms with E-state index in [0.717, 1.165) is 12.8 Å². The highest BCUT2D eigenvalue weighted by atomic mass is 19.4. The Labute approximate surface area is 118 Å². The van der Waals surface area contributed by atoms with Crippen LogP contribution in [-0.4, -0.2) is 60.3 Å². The fourth-order valence-corrected chi connectivity index (χ4v) is 1.73. The van der Waals surface area contributed by atoms with Crippen molar-refractivity contribution < 1.29 is 37.4 Å². The Balaban J connectivity index is 0.000000486. The van der Waals surface area contributed by atoms with Gasteiger partial charge in [-0.25, -0.2) is 9.59 Å². The highest BCUT2D eigenvalue weighted by Crippen LogP contribution is 2.17. The molecule has 1 aliphatic heterocycles. The molecule has 1 aliphatic rings. The van der Waals surface area contributed by atoms with Crippen molar-refractivity contribution in [3.8, 4) is 0 Å². The number of nitrogens with zero attached hydrogens (tertiary/aromatic N) is 1. The molecule has 0 bridgehead atoms. The molecule has 0 aromatic heterocycles. The Kier molecular flexibility index (Phi) is 7.71. The van der Waals surface area contributed by atoms with Crippen LogP contribution in [0.25, 0.3) is 0 Å². The van der Waals surface area contributed by atoms with Crippen LogP contribution in [0.5, 0.6) is 0 Å². The number of ether oxygens (including phenoxy) is 1. The molecule has 3 N–H and O–H groups in total. The lowest BCUT2D eigenvalue weighted by Crippen LogP contribution is -2.50. The lowest BCUT2D eigenvalue weighted by Gasteiger charge is -2.33. The van der Waals surface area contributed by atoms with Crippen LogP contribution in [0, 0.1) is 0 Å². The topological polar surface area (TPSA) is 110 Å². The molecule has 1 fully saturated rings.